The Bertz CT molecular complexity index is 505. The molecular formula is C13H17N3O2S. The van der Waals surface area contributed by atoms with Crippen LogP contribution >= 0.6 is 11.8 Å². The standard InChI is InChI=1S/C13H17N3O2S/c1-8-13(18)16-10-6-9(2-3-11(10)19-8)4-5-15-12(17)7-14/h2-3,6,8H,4-5,7,14H2,1H3,(H,15,17)(H,16,18). The molecule has 102 valence electrons. The monoisotopic (exact) mass is 279 g/mol. The fraction of sp³-hybridized carbons (Fsp3) is 0.385. The van der Waals surface area contributed by atoms with E-state index in [0.29, 0.717) is 6.54 Å². The molecule has 1 heterocycles. The van der Waals surface area contributed by atoms with Crippen LogP contribution < -0.4 is 16.4 Å². The minimum atomic E-state index is -0.157. The van der Waals surface area contributed by atoms with Crippen molar-refractivity contribution in [3.05, 3.63) is 23.8 Å². The van der Waals surface area contributed by atoms with E-state index in [1.807, 2.05) is 25.1 Å². The summed E-state index contributed by atoms with van der Waals surface area (Å²) in [4.78, 5) is 23.7. The second kappa shape index (κ2) is 6.08. The van der Waals surface area contributed by atoms with Crippen LogP contribution in [0.3, 0.4) is 0 Å². The molecule has 0 aromatic heterocycles. The number of rotatable bonds is 4. The van der Waals surface area contributed by atoms with E-state index in [0.717, 1.165) is 22.6 Å². The lowest BCUT2D eigenvalue weighted by atomic mass is 10.1. The number of nitrogens with two attached hydrogens (primary N) is 1. The smallest absolute Gasteiger partial charge is 0.237 e. The largest absolute Gasteiger partial charge is 0.355 e. The summed E-state index contributed by atoms with van der Waals surface area (Å²) in [7, 11) is 0. The maximum Gasteiger partial charge on any atom is 0.237 e. The van der Waals surface area contributed by atoms with Crippen LogP contribution in [-0.4, -0.2) is 30.2 Å². The molecule has 0 aliphatic carbocycles. The van der Waals surface area contributed by atoms with Crippen molar-refractivity contribution in [2.24, 2.45) is 5.73 Å². The molecule has 4 N–H and O–H groups in total. The van der Waals surface area contributed by atoms with Gasteiger partial charge in [0.1, 0.15) is 0 Å². The Labute approximate surface area is 116 Å². The number of carbonyl (C=O) groups excluding carboxylic acids is 2. The summed E-state index contributed by atoms with van der Waals surface area (Å²) in [5.41, 5.74) is 7.14. The number of benzene rings is 1. The normalized spacial score (nSPS) is 17.6. The van der Waals surface area contributed by atoms with E-state index in [4.69, 9.17) is 5.73 Å². The van der Waals surface area contributed by atoms with Crippen LogP contribution in [0.4, 0.5) is 5.69 Å². The lowest BCUT2D eigenvalue weighted by Crippen LogP contribution is -2.31. The van der Waals surface area contributed by atoms with Crippen molar-refractivity contribution in [1.82, 2.24) is 5.32 Å². The van der Waals surface area contributed by atoms with Gasteiger partial charge in [-0.25, -0.2) is 0 Å². The zero-order valence-electron chi connectivity index (χ0n) is 10.7. The number of amides is 2. The summed E-state index contributed by atoms with van der Waals surface area (Å²) in [6, 6.07) is 5.99. The summed E-state index contributed by atoms with van der Waals surface area (Å²) in [5.74, 6) is -0.123. The topological polar surface area (TPSA) is 84.2 Å². The van der Waals surface area contributed by atoms with Gasteiger partial charge in [-0.05, 0) is 31.0 Å². The summed E-state index contributed by atoms with van der Waals surface area (Å²) in [5, 5.41) is 5.56. The number of hydrogen-bond donors (Lipinski definition) is 3. The van der Waals surface area contributed by atoms with Gasteiger partial charge in [0.25, 0.3) is 0 Å². The van der Waals surface area contributed by atoms with Gasteiger partial charge in [-0.1, -0.05) is 6.07 Å². The fourth-order valence-electron chi connectivity index (χ4n) is 1.83. The Morgan fingerprint density at radius 1 is 1.53 bits per heavy atom. The Morgan fingerprint density at radius 3 is 3.05 bits per heavy atom. The van der Waals surface area contributed by atoms with Crippen LogP contribution in [0.25, 0.3) is 0 Å². The van der Waals surface area contributed by atoms with Crippen molar-refractivity contribution < 1.29 is 9.59 Å². The lowest BCUT2D eigenvalue weighted by molar-refractivity contribution is -0.119. The van der Waals surface area contributed by atoms with Crippen molar-refractivity contribution >= 4 is 29.3 Å². The first-order valence-corrected chi connectivity index (χ1v) is 7.05. The molecular weight excluding hydrogens is 262 g/mol. The van der Waals surface area contributed by atoms with Gasteiger partial charge in [-0.3, -0.25) is 9.59 Å². The third-order valence-corrected chi connectivity index (χ3v) is 4.07. The number of anilines is 1. The van der Waals surface area contributed by atoms with Crippen LogP contribution in [-0.2, 0) is 16.0 Å². The molecule has 0 saturated carbocycles. The zero-order valence-corrected chi connectivity index (χ0v) is 11.5. The Kier molecular flexibility index (Phi) is 4.44. The van der Waals surface area contributed by atoms with Crippen LogP contribution in [0.2, 0.25) is 0 Å². The third-order valence-electron chi connectivity index (χ3n) is 2.90. The van der Waals surface area contributed by atoms with E-state index in [1.165, 1.54) is 0 Å². The van der Waals surface area contributed by atoms with Gasteiger partial charge < -0.3 is 16.4 Å². The van der Waals surface area contributed by atoms with Crippen molar-refractivity contribution in [3.8, 4) is 0 Å². The maximum absolute atomic E-state index is 11.6. The fourth-order valence-corrected chi connectivity index (χ4v) is 2.76. The van der Waals surface area contributed by atoms with E-state index in [-0.39, 0.29) is 23.6 Å². The van der Waals surface area contributed by atoms with E-state index in [2.05, 4.69) is 10.6 Å². The quantitative estimate of drug-likeness (QED) is 0.759. The molecule has 0 radical (unpaired) electrons. The van der Waals surface area contributed by atoms with Crippen molar-refractivity contribution in [2.45, 2.75) is 23.5 Å². The third kappa shape index (κ3) is 3.48. The molecule has 0 bridgehead atoms. The minimum Gasteiger partial charge on any atom is -0.355 e. The van der Waals surface area contributed by atoms with Gasteiger partial charge >= 0.3 is 0 Å². The van der Waals surface area contributed by atoms with E-state index in [9.17, 15) is 9.59 Å². The molecule has 19 heavy (non-hydrogen) atoms. The molecule has 0 fully saturated rings. The van der Waals surface area contributed by atoms with Crippen LogP contribution in [0.15, 0.2) is 23.1 Å². The van der Waals surface area contributed by atoms with Gasteiger partial charge in [0.2, 0.25) is 11.8 Å². The van der Waals surface area contributed by atoms with Gasteiger partial charge in [-0.2, -0.15) is 0 Å². The first-order valence-electron chi connectivity index (χ1n) is 6.17. The molecule has 6 heteroatoms. The Hall–Kier alpha value is -1.53. The second-order valence-electron chi connectivity index (χ2n) is 4.38. The van der Waals surface area contributed by atoms with Gasteiger partial charge in [-0.15, -0.1) is 11.8 Å². The first kappa shape index (κ1) is 13.9. The summed E-state index contributed by atoms with van der Waals surface area (Å²) < 4.78 is 0. The van der Waals surface area contributed by atoms with Gasteiger partial charge in [0.15, 0.2) is 0 Å². The predicted octanol–water partition coefficient (Wildman–Crippen LogP) is 0.737. The molecule has 1 aliphatic rings. The highest BCUT2D eigenvalue weighted by molar-refractivity contribution is 8.00. The number of fused-ring (bicyclic) bond motifs is 1. The highest BCUT2D eigenvalue weighted by atomic mass is 32.2. The summed E-state index contributed by atoms with van der Waals surface area (Å²) >= 11 is 1.56. The summed E-state index contributed by atoms with van der Waals surface area (Å²) in [6.45, 7) is 2.44. The molecule has 0 saturated heterocycles. The van der Waals surface area contributed by atoms with Gasteiger partial charge in [0, 0.05) is 11.4 Å². The van der Waals surface area contributed by atoms with E-state index < -0.39 is 0 Å². The average Bonchev–Trinajstić information content (AvgIpc) is 2.40. The summed E-state index contributed by atoms with van der Waals surface area (Å²) in [6.07, 6.45) is 0.717. The number of thioether (sulfide) groups is 1. The number of hydrogen-bond acceptors (Lipinski definition) is 4. The van der Waals surface area contributed by atoms with Crippen molar-refractivity contribution in [1.29, 1.82) is 0 Å². The molecule has 2 rings (SSSR count). The second-order valence-corrected chi connectivity index (χ2v) is 5.77. The lowest BCUT2D eigenvalue weighted by Gasteiger charge is -2.21. The van der Waals surface area contributed by atoms with E-state index >= 15 is 0 Å². The van der Waals surface area contributed by atoms with Crippen molar-refractivity contribution in [3.63, 3.8) is 0 Å². The molecule has 1 aliphatic heterocycles. The zero-order chi connectivity index (χ0) is 13.8. The molecule has 0 spiro atoms. The SMILES string of the molecule is CC1Sc2ccc(CCNC(=O)CN)cc2NC1=O. The molecule has 1 atom stereocenters. The molecule has 1 unspecified atom stereocenters. The molecule has 1 aromatic carbocycles. The average molecular weight is 279 g/mol. The molecule has 2 amide bonds. The maximum atomic E-state index is 11.6. The number of carbonyl (C=O) groups is 2. The number of nitrogens with one attached hydrogen (secondary N) is 2. The first-order chi connectivity index (χ1) is 9.10. The predicted molar refractivity (Wildman–Crippen MR) is 76.2 cm³/mol. The van der Waals surface area contributed by atoms with Crippen LogP contribution in [0.5, 0.6) is 0 Å². The Morgan fingerprint density at radius 2 is 2.32 bits per heavy atom. The van der Waals surface area contributed by atoms with Crippen LogP contribution in [0.1, 0.15) is 12.5 Å². The minimum absolute atomic E-state index is 0.00870. The van der Waals surface area contributed by atoms with Gasteiger partial charge in [0.05, 0.1) is 17.5 Å². The highest BCUT2D eigenvalue weighted by Crippen LogP contribution is 2.35. The van der Waals surface area contributed by atoms with E-state index in [1.54, 1.807) is 11.8 Å². The highest BCUT2D eigenvalue weighted by Gasteiger charge is 2.22. The van der Waals surface area contributed by atoms with Crippen molar-refractivity contribution in [2.75, 3.05) is 18.4 Å². The Balaban J connectivity index is 1.99. The molecule has 1 aromatic rings. The molecule has 5 nitrogen and oxygen atoms in total. The van der Waals surface area contributed by atoms with Crippen LogP contribution in [0, 0.1) is 0 Å².